The molecule has 0 spiro atoms. The zero-order valence-corrected chi connectivity index (χ0v) is 14.0. The lowest BCUT2D eigenvalue weighted by molar-refractivity contribution is 0.0696. The molecule has 0 saturated carbocycles. The van der Waals surface area contributed by atoms with E-state index in [1.54, 1.807) is 30.3 Å². The summed E-state index contributed by atoms with van der Waals surface area (Å²) in [5.74, 6) is -0.710. The first-order valence-corrected chi connectivity index (χ1v) is 7.82. The van der Waals surface area contributed by atoms with E-state index in [9.17, 15) is 9.59 Å². The summed E-state index contributed by atoms with van der Waals surface area (Å²) in [5.41, 5.74) is 1.86. The highest BCUT2D eigenvalue weighted by molar-refractivity contribution is 6.05. The molecule has 24 heavy (non-hydrogen) atoms. The van der Waals surface area contributed by atoms with Crippen molar-refractivity contribution in [2.45, 2.75) is 33.3 Å². The van der Waals surface area contributed by atoms with Crippen LogP contribution in [0.25, 0.3) is 0 Å². The molecule has 0 aliphatic rings. The summed E-state index contributed by atoms with van der Waals surface area (Å²) in [6.45, 7) is 5.80. The molecule has 126 valence electrons. The molecule has 0 aliphatic carbocycles. The Morgan fingerprint density at radius 1 is 1.17 bits per heavy atom. The molecule has 1 atom stereocenters. The van der Waals surface area contributed by atoms with Crippen molar-refractivity contribution in [1.82, 2.24) is 0 Å². The normalized spacial score (nSPS) is 11.6. The summed E-state index contributed by atoms with van der Waals surface area (Å²) in [6, 6.07) is 11.6. The number of amides is 1. The highest BCUT2D eigenvalue weighted by Gasteiger charge is 2.12. The first-order chi connectivity index (χ1) is 11.4. The van der Waals surface area contributed by atoms with E-state index in [0.717, 1.165) is 12.0 Å². The van der Waals surface area contributed by atoms with Crippen molar-refractivity contribution < 1.29 is 19.4 Å². The summed E-state index contributed by atoms with van der Waals surface area (Å²) >= 11 is 0. The Kier molecular flexibility index (Phi) is 5.58. The Hall–Kier alpha value is -2.82. The second-order valence-corrected chi connectivity index (χ2v) is 5.65. The lowest BCUT2D eigenvalue weighted by atomic mass is 10.1. The highest BCUT2D eigenvalue weighted by atomic mass is 16.5. The summed E-state index contributed by atoms with van der Waals surface area (Å²) in [5, 5.41) is 11.8. The van der Waals surface area contributed by atoms with Gasteiger partial charge >= 0.3 is 5.97 Å². The zero-order valence-electron chi connectivity index (χ0n) is 14.0. The van der Waals surface area contributed by atoms with Gasteiger partial charge in [-0.3, -0.25) is 4.79 Å². The monoisotopic (exact) mass is 327 g/mol. The fourth-order valence-electron chi connectivity index (χ4n) is 2.11. The first kappa shape index (κ1) is 17.5. The van der Waals surface area contributed by atoms with Gasteiger partial charge < -0.3 is 15.2 Å². The van der Waals surface area contributed by atoms with Crippen LogP contribution in [0, 0.1) is 6.92 Å². The molecule has 1 amide bonds. The topological polar surface area (TPSA) is 75.6 Å². The first-order valence-electron chi connectivity index (χ1n) is 7.82. The third kappa shape index (κ3) is 4.35. The number of aromatic carboxylic acids is 1. The Labute approximate surface area is 141 Å². The van der Waals surface area contributed by atoms with Crippen LogP contribution in [0.1, 0.15) is 46.5 Å². The van der Waals surface area contributed by atoms with Crippen molar-refractivity contribution in [3.05, 3.63) is 59.2 Å². The number of hydrogen-bond donors (Lipinski definition) is 2. The van der Waals surface area contributed by atoms with Gasteiger partial charge in [0.2, 0.25) is 0 Å². The number of carboxylic acid groups (broad SMARTS) is 1. The molecule has 0 fully saturated rings. The summed E-state index contributed by atoms with van der Waals surface area (Å²) < 4.78 is 5.72. The van der Waals surface area contributed by atoms with Crippen molar-refractivity contribution in [3.63, 3.8) is 0 Å². The lowest BCUT2D eigenvalue weighted by Crippen LogP contribution is -2.14. The number of nitrogens with one attached hydrogen (secondary N) is 1. The number of carbonyl (C=O) groups excluding carboxylic acids is 1. The number of rotatable bonds is 6. The Morgan fingerprint density at radius 3 is 2.58 bits per heavy atom. The van der Waals surface area contributed by atoms with Gasteiger partial charge in [0, 0.05) is 11.3 Å². The second-order valence-electron chi connectivity index (χ2n) is 5.65. The predicted molar refractivity (Wildman–Crippen MR) is 92.9 cm³/mol. The van der Waals surface area contributed by atoms with Crippen LogP contribution in [0.4, 0.5) is 5.69 Å². The minimum absolute atomic E-state index is 0.0674. The quantitative estimate of drug-likeness (QED) is 0.836. The molecular weight excluding hydrogens is 306 g/mol. The van der Waals surface area contributed by atoms with E-state index >= 15 is 0 Å². The van der Waals surface area contributed by atoms with E-state index < -0.39 is 5.97 Å². The van der Waals surface area contributed by atoms with E-state index in [-0.39, 0.29) is 17.6 Å². The van der Waals surface area contributed by atoms with E-state index in [1.165, 1.54) is 12.1 Å². The molecule has 0 radical (unpaired) electrons. The molecule has 2 aromatic carbocycles. The third-order valence-corrected chi connectivity index (χ3v) is 3.74. The standard InChI is InChI=1S/C19H21NO4/c1-4-13(3)24-16-7-5-6-14(10-16)18(21)20-17-11-15(19(22)23)9-8-12(17)2/h5-11,13H,4H2,1-3H3,(H,20,21)(H,22,23). The van der Waals surface area contributed by atoms with Crippen LogP contribution < -0.4 is 10.1 Å². The maximum atomic E-state index is 12.4. The predicted octanol–water partition coefficient (Wildman–Crippen LogP) is 4.12. The van der Waals surface area contributed by atoms with Crippen LogP contribution in [0.15, 0.2) is 42.5 Å². The lowest BCUT2D eigenvalue weighted by Gasteiger charge is -2.14. The van der Waals surface area contributed by atoms with Crippen molar-refractivity contribution >= 4 is 17.6 Å². The molecule has 5 heteroatoms. The minimum atomic E-state index is -1.03. The number of aryl methyl sites for hydroxylation is 1. The van der Waals surface area contributed by atoms with Crippen LogP contribution in [0.3, 0.4) is 0 Å². The Bertz CT molecular complexity index is 755. The number of carboxylic acids is 1. The highest BCUT2D eigenvalue weighted by Crippen LogP contribution is 2.20. The molecule has 0 heterocycles. The fraction of sp³-hybridized carbons (Fsp3) is 0.263. The van der Waals surface area contributed by atoms with Crippen molar-refractivity contribution in [1.29, 1.82) is 0 Å². The number of carbonyl (C=O) groups is 2. The molecule has 5 nitrogen and oxygen atoms in total. The molecule has 0 saturated heterocycles. The fourth-order valence-corrected chi connectivity index (χ4v) is 2.11. The number of benzene rings is 2. The minimum Gasteiger partial charge on any atom is -0.491 e. The largest absolute Gasteiger partial charge is 0.491 e. The average molecular weight is 327 g/mol. The van der Waals surface area contributed by atoms with Gasteiger partial charge in [-0.2, -0.15) is 0 Å². The smallest absolute Gasteiger partial charge is 0.335 e. The molecule has 2 rings (SSSR count). The molecule has 2 N–H and O–H groups in total. The number of hydrogen-bond acceptors (Lipinski definition) is 3. The molecule has 1 unspecified atom stereocenters. The van der Waals surface area contributed by atoms with E-state index in [1.807, 2.05) is 20.8 Å². The Morgan fingerprint density at radius 2 is 1.92 bits per heavy atom. The van der Waals surface area contributed by atoms with Crippen LogP contribution in [0.2, 0.25) is 0 Å². The maximum Gasteiger partial charge on any atom is 0.335 e. The van der Waals surface area contributed by atoms with Crippen LogP contribution >= 0.6 is 0 Å². The van der Waals surface area contributed by atoms with Gasteiger partial charge in [0.25, 0.3) is 5.91 Å². The third-order valence-electron chi connectivity index (χ3n) is 3.74. The molecule has 2 aromatic rings. The van der Waals surface area contributed by atoms with Crippen molar-refractivity contribution in [3.8, 4) is 5.75 Å². The van der Waals surface area contributed by atoms with Crippen LogP contribution in [-0.4, -0.2) is 23.1 Å². The van der Waals surface area contributed by atoms with Gasteiger partial charge in [-0.25, -0.2) is 4.79 Å². The van der Waals surface area contributed by atoms with E-state index in [2.05, 4.69) is 5.32 Å². The average Bonchev–Trinajstić information content (AvgIpc) is 2.56. The zero-order chi connectivity index (χ0) is 17.7. The van der Waals surface area contributed by atoms with Crippen molar-refractivity contribution in [2.75, 3.05) is 5.32 Å². The van der Waals surface area contributed by atoms with Gasteiger partial charge in [0.15, 0.2) is 0 Å². The number of ether oxygens (including phenoxy) is 1. The summed E-state index contributed by atoms with van der Waals surface area (Å²) in [7, 11) is 0. The maximum absolute atomic E-state index is 12.4. The molecule has 0 bridgehead atoms. The van der Waals surface area contributed by atoms with E-state index in [4.69, 9.17) is 9.84 Å². The van der Waals surface area contributed by atoms with Crippen LogP contribution in [-0.2, 0) is 0 Å². The van der Waals surface area contributed by atoms with Gasteiger partial charge in [0.05, 0.1) is 11.7 Å². The molecule has 0 aromatic heterocycles. The van der Waals surface area contributed by atoms with E-state index in [0.29, 0.717) is 17.0 Å². The second kappa shape index (κ2) is 7.64. The SMILES string of the molecule is CCC(C)Oc1cccc(C(=O)Nc2cc(C(=O)O)ccc2C)c1. The molecule has 0 aliphatic heterocycles. The molecular formula is C19H21NO4. The van der Waals surface area contributed by atoms with Gasteiger partial charge in [-0.05, 0) is 56.2 Å². The summed E-state index contributed by atoms with van der Waals surface area (Å²) in [6.07, 6.45) is 0.940. The summed E-state index contributed by atoms with van der Waals surface area (Å²) in [4.78, 5) is 23.5. The Balaban J connectivity index is 2.19. The van der Waals surface area contributed by atoms with Crippen molar-refractivity contribution in [2.24, 2.45) is 0 Å². The van der Waals surface area contributed by atoms with Gasteiger partial charge in [0.1, 0.15) is 5.75 Å². The number of anilines is 1. The van der Waals surface area contributed by atoms with Gasteiger partial charge in [-0.1, -0.05) is 19.1 Å². The van der Waals surface area contributed by atoms with Crippen LogP contribution in [0.5, 0.6) is 5.75 Å². The van der Waals surface area contributed by atoms with Gasteiger partial charge in [-0.15, -0.1) is 0 Å².